The summed E-state index contributed by atoms with van der Waals surface area (Å²) in [5.41, 5.74) is 12.4. The normalized spacial score (nSPS) is 11.4. The lowest BCUT2D eigenvalue weighted by Gasteiger charge is -2.23. The second-order valence-corrected chi connectivity index (χ2v) is 39.8. The van der Waals surface area contributed by atoms with Crippen molar-refractivity contribution in [3.05, 3.63) is 188 Å². The number of hydrogen-bond acceptors (Lipinski definition) is 40. The summed E-state index contributed by atoms with van der Waals surface area (Å²) < 4.78 is 264. The van der Waals surface area contributed by atoms with Crippen LogP contribution in [0.25, 0.3) is 0 Å². The summed E-state index contributed by atoms with van der Waals surface area (Å²) in [7, 11) is 38.8. The monoisotopic (exact) mass is 2080 g/mol. The first kappa shape index (κ1) is 129. The van der Waals surface area contributed by atoms with E-state index in [1.807, 2.05) is 6.92 Å². The van der Waals surface area contributed by atoms with Crippen molar-refractivity contribution in [3.63, 3.8) is 0 Å². The van der Waals surface area contributed by atoms with Crippen molar-refractivity contribution in [1.82, 2.24) is 0 Å². The van der Waals surface area contributed by atoms with Crippen molar-refractivity contribution >= 4 is 244 Å². The summed E-state index contributed by atoms with van der Waals surface area (Å²) in [4.78, 5) is 103. The number of hydrogen-bond donors (Lipinski definition) is 3. The maximum atomic E-state index is 11.9. The second kappa shape index (κ2) is 60.2. The SMILES string of the molecule is [B]Cc1cc(C[B])c(C[B])c(OC(=O)CS(=O)(=O)[O-])c1.[B]Cc1cc(C[B])c(OC(=O)CS(=O)(=O)[O-])c(C[B])c1.[B]Cc1cc(N)ccc1OC(=O)CS(=O)(=O)[O-].[B]Cc1cc(NC(=O)OC(C)(C)C)ccc1OC(=O)CS(=O)(=O)[O-].[B]Cc1cc(NC(=O)OC(C)(C)CC)ccc1OC(=O)CS(=O)(=O)[O-].[B]Cc1ccc(OC(=O)CS(=O)(=O)[O-])c(C[B])c1.[B]Cc1cccc(OC(=O)CS(=O)(=O)[O-])c1C[B]. The molecule has 0 aromatic heterocycles. The molecule has 7 aromatic rings. The number of nitrogens with two attached hydrogens (primary N) is 1. The zero-order valence-electron chi connectivity index (χ0n) is 76.7. The maximum Gasteiger partial charge on any atom is 0.412 e. The molecule has 2 amide bonds. The molecule has 62 heteroatoms. The van der Waals surface area contributed by atoms with E-state index in [1.54, 1.807) is 77.1 Å². The number of nitrogens with one attached hydrogen (secondary N) is 2. The van der Waals surface area contributed by atoms with Crippen LogP contribution in [-0.2, 0) is 196 Å². The van der Waals surface area contributed by atoms with Gasteiger partial charge < -0.3 is 80.2 Å². The van der Waals surface area contributed by atoms with Gasteiger partial charge in [0.05, 0.1) is 102 Å². The van der Waals surface area contributed by atoms with Crippen LogP contribution in [0.1, 0.15) is 120 Å². The molecular weight excluding hydrogens is 1990 g/mol. The third-order valence-corrected chi connectivity index (χ3v) is 21.0. The van der Waals surface area contributed by atoms with Crippen LogP contribution in [0.15, 0.2) is 115 Å². The van der Waals surface area contributed by atoms with Crippen LogP contribution in [0.2, 0.25) is 0 Å². The van der Waals surface area contributed by atoms with Gasteiger partial charge in [0.15, 0.2) is 0 Å². The molecule has 0 atom stereocenters. The van der Waals surface area contributed by atoms with Gasteiger partial charge in [0.1, 0.15) is 163 Å². The Morgan fingerprint density at radius 1 is 0.289 bits per heavy atom. The van der Waals surface area contributed by atoms with E-state index in [-0.39, 0.29) is 116 Å². The number of carbonyl (C=O) groups is 9. The smallest absolute Gasteiger partial charge is 0.412 e. The Kier molecular flexibility index (Phi) is 54.9. The van der Waals surface area contributed by atoms with Gasteiger partial charge in [-0.2, -0.15) is 0 Å². The van der Waals surface area contributed by atoms with E-state index in [0.29, 0.717) is 91.0 Å². The van der Waals surface area contributed by atoms with Crippen LogP contribution in [0.4, 0.5) is 26.7 Å². The van der Waals surface area contributed by atoms with Crippen molar-refractivity contribution in [2.75, 3.05) is 56.6 Å². The first-order chi connectivity index (χ1) is 65.5. The van der Waals surface area contributed by atoms with Crippen LogP contribution in [0.5, 0.6) is 40.2 Å². The summed E-state index contributed by atoms with van der Waals surface area (Å²) in [6.45, 7) is 10.6. The molecule has 0 saturated heterocycles. The summed E-state index contributed by atoms with van der Waals surface area (Å²) in [6, 6.07) is 28.7. The predicted molar refractivity (Wildman–Crippen MR) is 518 cm³/mol. The van der Waals surface area contributed by atoms with Crippen LogP contribution >= 0.6 is 0 Å². The standard InChI is InChI=1S/C15H20BNO7S.C14H18BNO7S.2C11H11B3O5S.2C10H10B2O5S.C9H10BNO5S/c1-4-15(2,3)24-14(19)17-11-5-6-12(10(7-11)8-16)23-13(18)9-25(20,21)22;1-14(2,3)23-13(18)16-10-4-5-11(9(6-10)7-15)22-12(17)8-24(19,20)21;12-3-7-1-8(4-13)9(5-14)10(2-7)19-11(15)6-20(16,17)18;12-3-7-1-8(4-13)11(9(2-7)5-14)19-10(15)6-20(16,17)18;11-4-7-1-2-9(8(3-7)5-12)17-10(13)6-18(14,15)16;11-4-7-2-1-3-9(8(7)5-12)17-10(13)6-18(14,15)16;10-4-6-3-7(11)1-2-8(6)16-9(12)5-17(13,14)15/h5-7H,4,8-9H2,1-3H3,(H,17,19)(H,20,21,22);4-6H,7-8H2,1-3H3,(H,16,18)(H,19,20,21);2*1-2H,3-6H2,(H,16,17,18);2*1-3H,4-6H2,(H,14,15,16);1-3H,4-5,11H2,(H,13,14,15)/p-7. The number of ether oxygens (including phenoxy) is 9. The molecule has 0 aliphatic rings. The molecule has 7 aromatic carbocycles. The van der Waals surface area contributed by atoms with Gasteiger partial charge in [-0.15, -0.1) is 0 Å². The summed E-state index contributed by atoms with van der Waals surface area (Å²) in [5.74, 6) is -16.4. The number of rotatable bonds is 38. The maximum absolute atomic E-state index is 11.9. The molecule has 4 N–H and O–H groups in total. The van der Waals surface area contributed by atoms with E-state index in [0.717, 1.165) is 11.1 Å². The zero-order chi connectivity index (χ0) is 109. The first-order valence-electron chi connectivity index (χ1n) is 40.3. The minimum absolute atomic E-state index is 0.000823. The topological polar surface area (TPSA) is 687 Å². The molecule has 7 rings (SSSR count). The van der Waals surface area contributed by atoms with Crippen LogP contribution in [0, 0.1) is 0 Å². The molecule has 0 aliphatic carbocycles. The van der Waals surface area contributed by atoms with Gasteiger partial charge in [-0.05, 0) is 158 Å². The van der Waals surface area contributed by atoms with E-state index in [9.17, 15) is 134 Å². The second-order valence-electron chi connectivity index (χ2n) is 30.0. The number of esters is 7. The molecule has 740 valence electrons. The van der Waals surface area contributed by atoms with Crippen LogP contribution < -0.4 is 49.5 Å². The molecule has 0 unspecified atom stereocenters. The molecule has 26 radical (unpaired) electrons. The predicted octanol–water partition coefficient (Wildman–Crippen LogP) is -0.683. The zero-order valence-corrected chi connectivity index (χ0v) is 82.4. The molecule has 0 bridgehead atoms. The minimum atomic E-state index is -4.74. The molecular formula is C80H83B13N3O39S7-7. The third-order valence-electron chi connectivity index (χ3n) is 16.8. The van der Waals surface area contributed by atoms with Crippen molar-refractivity contribution in [3.8, 4) is 40.2 Å². The van der Waals surface area contributed by atoms with Crippen molar-refractivity contribution in [1.29, 1.82) is 0 Å². The average Bonchev–Trinajstić information content (AvgIpc) is 0.821. The number of amides is 2. The minimum Gasteiger partial charge on any atom is -0.748 e. The van der Waals surface area contributed by atoms with Crippen molar-refractivity contribution in [2.24, 2.45) is 0 Å². The van der Waals surface area contributed by atoms with Gasteiger partial charge in [0, 0.05) is 17.1 Å². The lowest BCUT2D eigenvalue weighted by molar-refractivity contribution is -0.132. The molecule has 0 saturated carbocycles. The van der Waals surface area contributed by atoms with Crippen molar-refractivity contribution < 1.29 is 177 Å². The molecule has 0 fully saturated rings. The Bertz CT molecular complexity index is 6400. The lowest BCUT2D eigenvalue weighted by Crippen LogP contribution is -2.29. The van der Waals surface area contributed by atoms with Gasteiger partial charge in [0.25, 0.3) is 0 Å². The highest BCUT2D eigenvalue weighted by atomic mass is 32.2. The number of benzene rings is 7. The van der Waals surface area contributed by atoms with Gasteiger partial charge in [-0.3, -0.25) is 44.2 Å². The summed E-state index contributed by atoms with van der Waals surface area (Å²) in [5, 5.41) is 5.01. The highest BCUT2D eigenvalue weighted by Gasteiger charge is 2.25. The van der Waals surface area contributed by atoms with E-state index in [4.69, 9.17) is 150 Å². The number of carbonyl (C=O) groups excluding carboxylic acids is 9. The molecule has 42 nitrogen and oxygen atoms in total. The van der Waals surface area contributed by atoms with Crippen LogP contribution in [-0.4, -0.2) is 298 Å². The van der Waals surface area contributed by atoms with E-state index >= 15 is 0 Å². The number of anilines is 3. The summed E-state index contributed by atoms with van der Waals surface area (Å²) >= 11 is 0. The highest BCUT2D eigenvalue weighted by molar-refractivity contribution is 7.88. The van der Waals surface area contributed by atoms with Gasteiger partial charge in [-0.1, -0.05) is 159 Å². The molecule has 142 heavy (non-hydrogen) atoms. The Morgan fingerprint density at radius 2 is 0.563 bits per heavy atom. The van der Waals surface area contributed by atoms with Crippen molar-refractivity contribution in [2.45, 2.75) is 141 Å². The van der Waals surface area contributed by atoms with Gasteiger partial charge in [-0.25, -0.2) is 68.5 Å². The fraction of sp³-hybridized carbons (Fsp3) is 0.362. The molecule has 0 heterocycles. The van der Waals surface area contributed by atoms with Gasteiger partial charge >= 0.3 is 54.0 Å². The van der Waals surface area contributed by atoms with E-state index < -0.39 is 176 Å². The molecule has 0 aliphatic heterocycles. The highest BCUT2D eigenvalue weighted by Crippen LogP contribution is 2.32. The fourth-order valence-corrected chi connectivity index (χ4v) is 13.0. The first-order valence-corrected chi connectivity index (χ1v) is 51.3. The average molecular weight is 2080 g/mol. The van der Waals surface area contributed by atoms with Crippen LogP contribution in [0.3, 0.4) is 0 Å². The Balaban J connectivity index is 0.000000832. The Morgan fingerprint density at radius 3 is 0.880 bits per heavy atom. The van der Waals surface area contributed by atoms with E-state index in [1.165, 1.54) is 72.8 Å². The molecule has 0 spiro atoms. The van der Waals surface area contributed by atoms with Gasteiger partial charge in [0.2, 0.25) is 0 Å². The Hall–Kier alpha value is -10.6. The third kappa shape index (κ3) is 54.7. The quantitative estimate of drug-likeness (QED) is 0.0142. The summed E-state index contributed by atoms with van der Waals surface area (Å²) in [6.07, 6.45) is 0.707. The largest absolute Gasteiger partial charge is 0.748 e. The number of nitrogen functional groups attached to an aromatic ring is 1. The lowest BCUT2D eigenvalue weighted by atomic mass is 9.83. The fourth-order valence-electron chi connectivity index (χ4n) is 10.6. The van der Waals surface area contributed by atoms with E-state index in [2.05, 4.69) is 10.6 Å². The Labute approximate surface area is 840 Å².